The van der Waals surface area contributed by atoms with E-state index in [1.165, 1.54) is 24.7 Å². The molecule has 0 bridgehead atoms. The molecule has 10 nitrogen and oxygen atoms in total. The normalized spacial score (nSPS) is 28.7. The van der Waals surface area contributed by atoms with Crippen LogP contribution in [0, 0.1) is 0 Å². The minimum absolute atomic E-state index is 0.0379. The lowest BCUT2D eigenvalue weighted by atomic mass is 10.1. The van der Waals surface area contributed by atoms with Crippen molar-refractivity contribution in [2.75, 3.05) is 0 Å². The van der Waals surface area contributed by atoms with Gasteiger partial charge in [-0.1, -0.05) is 11.6 Å². The van der Waals surface area contributed by atoms with E-state index in [0.717, 1.165) is 0 Å². The highest BCUT2D eigenvalue weighted by Gasteiger charge is 2.50. The van der Waals surface area contributed by atoms with Gasteiger partial charge in [0.05, 0.1) is 16.9 Å². The molecule has 5 atom stereocenters. The summed E-state index contributed by atoms with van der Waals surface area (Å²) in [5.41, 5.74) is -1.31. The number of pyridine rings is 2. The lowest BCUT2D eigenvalue weighted by Gasteiger charge is -2.38. The van der Waals surface area contributed by atoms with Crippen LogP contribution in [0.3, 0.4) is 0 Å². The highest BCUT2D eigenvalue weighted by Crippen LogP contribution is 2.30. The van der Waals surface area contributed by atoms with Gasteiger partial charge in [0.25, 0.3) is 10.1 Å². The molecule has 0 aliphatic carbocycles. The Morgan fingerprint density at radius 2 is 1.89 bits per heavy atom. The number of hydrogen-bond acceptors (Lipinski definition) is 9. The van der Waals surface area contributed by atoms with Gasteiger partial charge in [-0.05, 0) is 18.2 Å². The highest BCUT2D eigenvalue weighted by molar-refractivity contribution is 7.86. The molecule has 0 amide bonds. The fraction of sp³-hybridized carbons (Fsp3) is 0.333. The summed E-state index contributed by atoms with van der Waals surface area (Å²) in [7, 11) is -4.88. The largest absolute Gasteiger partial charge is 0.460 e. The van der Waals surface area contributed by atoms with E-state index >= 15 is 0 Å². The summed E-state index contributed by atoms with van der Waals surface area (Å²) in [5, 5.41) is 29.9. The first-order valence-electron chi connectivity index (χ1n) is 7.57. The smallest absolute Gasteiger partial charge is 0.295 e. The minimum atomic E-state index is -4.88. The topological polar surface area (TPSA) is 159 Å². The lowest BCUT2D eigenvalue weighted by Crippen LogP contribution is -2.61. The molecule has 2 aromatic heterocycles. The summed E-state index contributed by atoms with van der Waals surface area (Å²) < 4.78 is 42.0. The van der Waals surface area contributed by atoms with Crippen molar-refractivity contribution in [3.63, 3.8) is 0 Å². The van der Waals surface area contributed by atoms with Crippen molar-refractivity contribution in [2.24, 2.45) is 0 Å². The molecule has 12 heteroatoms. The number of aliphatic hydroxyl groups excluding tert-OH is 3. The Morgan fingerprint density at radius 3 is 2.56 bits per heavy atom. The van der Waals surface area contributed by atoms with Gasteiger partial charge in [-0.3, -0.25) is 14.5 Å². The van der Waals surface area contributed by atoms with Crippen LogP contribution in [0.4, 0.5) is 0 Å². The molecule has 0 spiro atoms. The van der Waals surface area contributed by atoms with Crippen LogP contribution in [0.2, 0.25) is 5.02 Å². The van der Waals surface area contributed by atoms with E-state index in [1.807, 2.05) is 0 Å². The molecule has 0 aromatic carbocycles. The third-order valence-corrected chi connectivity index (χ3v) is 5.10. The maximum atomic E-state index is 11.3. The maximum Gasteiger partial charge on any atom is 0.295 e. The molecule has 3 heterocycles. The first kappa shape index (κ1) is 19.9. The fourth-order valence-corrected chi connectivity index (χ4v) is 3.50. The van der Waals surface area contributed by atoms with Crippen LogP contribution in [0.15, 0.2) is 36.8 Å². The number of hydrogen-bond donors (Lipinski definition) is 4. The van der Waals surface area contributed by atoms with Crippen LogP contribution in [0.25, 0.3) is 11.3 Å². The van der Waals surface area contributed by atoms with Gasteiger partial charge in [0.2, 0.25) is 11.7 Å². The molecule has 146 valence electrons. The average molecular weight is 419 g/mol. The van der Waals surface area contributed by atoms with Crippen LogP contribution in [-0.4, -0.2) is 68.3 Å². The highest BCUT2D eigenvalue weighted by atomic mass is 35.5. The van der Waals surface area contributed by atoms with Gasteiger partial charge in [0.15, 0.2) is 0 Å². The summed E-state index contributed by atoms with van der Waals surface area (Å²) in [6.45, 7) is 0. The van der Waals surface area contributed by atoms with Gasteiger partial charge < -0.3 is 24.8 Å². The van der Waals surface area contributed by atoms with E-state index in [9.17, 15) is 23.7 Å². The quantitative estimate of drug-likeness (QED) is 0.491. The molecule has 0 radical (unpaired) electrons. The molecular weight excluding hydrogens is 404 g/mol. The lowest BCUT2D eigenvalue weighted by molar-refractivity contribution is -0.254. The summed E-state index contributed by atoms with van der Waals surface area (Å²) in [4.78, 5) is 8.08. The number of ether oxygens (including phenoxy) is 2. The standard InChI is InChI=1S/C15H15ClN2O8S/c16-9-2-1-3-18-10(9)7-4-8(6-17-5-7)25-14-12(20)11(19)13(21)15(26-14)27(22,23)24/h1-6,11-15,19-21H,(H,22,23,24)/t11-,12-,13+,14-,15?/m1/s1. The summed E-state index contributed by atoms with van der Waals surface area (Å²) >= 11 is 6.08. The van der Waals surface area contributed by atoms with Crippen molar-refractivity contribution >= 4 is 21.7 Å². The minimum Gasteiger partial charge on any atom is -0.460 e. The Bertz CT molecular complexity index is 928. The molecule has 1 fully saturated rings. The van der Waals surface area contributed by atoms with Crippen molar-refractivity contribution in [3.8, 4) is 17.0 Å². The second kappa shape index (κ2) is 7.64. The van der Waals surface area contributed by atoms with Gasteiger partial charge in [-0.15, -0.1) is 0 Å². The average Bonchev–Trinajstić information content (AvgIpc) is 2.62. The Hall–Kier alpha value is -1.86. The zero-order valence-electron chi connectivity index (χ0n) is 13.5. The second-order valence-corrected chi connectivity index (χ2v) is 7.62. The number of halogens is 1. The number of rotatable bonds is 4. The second-order valence-electron chi connectivity index (χ2n) is 5.72. The zero-order valence-corrected chi connectivity index (χ0v) is 15.0. The van der Waals surface area contributed by atoms with E-state index in [0.29, 0.717) is 16.3 Å². The van der Waals surface area contributed by atoms with Crippen molar-refractivity contribution in [1.29, 1.82) is 0 Å². The van der Waals surface area contributed by atoms with Crippen LogP contribution < -0.4 is 4.74 Å². The van der Waals surface area contributed by atoms with Crippen molar-refractivity contribution in [3.05, 3.63) is 41.8 Å². The Balaban J connectivity index is 1.86. The number of nitrogens with zero attached hydrogens (tertiary/aromatic N) is 2. The molecule has 1 saturated heterocycles. The van der Waals surface area contributed by atoms with Crippen LogP contribution in [0.5, 0.6) is 5.75 Å². The third-order valence-electron chi connectivity index (χ3n) is 3.82. The van der Waals surface area contributed by atoms with Crippen molar-refractivity contribution in [2.45, 2.75) is 30.0 Å². The van der Waals surface area contributed by atoms with Gasteiger partial charge in [-0.2, -0.15) is 8.42 Å². The number of aliphatic hydroxyl groups is 3. The third kappa shape index (κ3) is 4.19. The maximum absolute atomic E-state index is 11.3. The Kier molecular flexibility index (Phi) is 5.63. The van der Waals surface area contributed by atoms with Crippen molar-refractivity contribution < 1.29 is 37.8 Å². The molecule has 1 aliphatic heterocycles. The van der Waals surface area contributed by atoms with Gasteiger partial charge in [0.1, 0.15) is 24.1 Å². The van der Waals surface area contributed by atoms with Crippen LogP contribution in [-0.2, 0) is 14.9 Å². The Labute approximate surface area is 158 Å². The van der Waals surface area contributed by atoms with Crippen LogP contribution in [0.1, 0.15) is 0 Å². The predicted molar refractivity (Wildman–Crippen MR) is 91.3 cm³/mol. The van der Waals surface area contributed by atoms with Crippen LogP contribution >= 0.6 is 11.6 Å². The molecule has 3 rings (SSSR count). The molecule has 2 aromatic rings. The van der Waals surface area contributed by atoms with Gasteiger partial charge in [0, 0.05) is 18.0 Å². The first-order valence-corrected chi connectivity index (χ1v) is 9.45. The van der Waals surface area contributed by atoms with E-state index in [2.05, 4.69) is 9.97 Å². The zero-order chi connectivity index (χ0) is 19.8. The molecular formula is C15H15ClN2O8S. The molecule has 0 saturated carbocycles. The first-order chi connectivity index (χ1) is 12.7. The SMILES string of the molecule is O=S(=O)(O)C1O[C@@H](Oc2cncc(-c3ncccc3Cl)c2)[C@H](O)[C@@H](O)[C@@H]1O. The van der Waals surface area contributed by atoms with E-state index in [1.54, 1.807) is 12.1 Å². The Morgan fingerprint density at radius 1 is 1.15 bits per heavy atom. The van der Waals surface area contributed by atoms with E-state index in [-0.39, 0.29) is 5.75 Å². The molecule has 1 aliphatic rings. The molecule has 4 N–H and O–H groups in total. The summed E-state index contributed by atoms with van der Waals surface area (Å²) in [5.74, 6) is 0.0379. The molecule has 27 heavy (non-hydrogen) atoms. The van der Waals surface area contributed by atoms with Crippen molar-refractivity contribution in [1.82, 2.24) is 9.97 Å². The predicted octanol–water partition coefficient (Wildman–Crippen LogP) is -0.171. The summed E-state index contributed by atoms with van der Waals surface area (Å²) in [6.07, 6.45) is -3.26. The van der Waals surface area contributed by atoms with E-state index < -0.39 is 40.2 Å². The van der Waals surface area contributed by atoms with E-state index in [4.69, 9.17) is 25.6 Å². The fourth-order valence-electron chi connectivity index (χ4n) is 2.51. The molecule has 1 unspecified atom stereocenters. The summed E-state index contributed by atoms with van der Waals surface area (Å²) in [6, 6.07) is 4.73. The van der Waals surface area contributed by atoms with Gasteiger partial charge >= 0.3 is 0 Å². The number of aromatic nitrogens is 2. The monoisotopic (exact) mass is 418 g/mol. The van der Waals surface area contributed by atoms with Gasteiger partial charge in [-0.25, -0.2) is 0 Å².